The highest BCUT2D eigenvalue weighted by Crippen LogP contribution is 2.04. The summed E-state index contributed by atoms with van der Waals surface area (Å²) in [6.07, 6.45) is 1.65. The number of furan rings is 1. The van der Waals surface area contributed by atoms with Gasteiger partial charge in [-0.15, -0.1) is 0 Å². The topological polar surface area (TPSA) is 34.4 Å². The van der Waals surface area contributed by atoms with Crippen LogP contribution in [0.15, 0.2) is 35.0 Å². The lowest BCUT2D eigenvalue weighted by Gasteiger charge is -2.21. The lowest BCUT2D eigenvalue weighted by atomic mass is 10.1. The van der Waals surface area contributed by atoms with E-state index in [0.29, 0.717) is 13.2 Å². The Kier molecular flexibility index (Phi) is 4.77. The van der Waals surface area contributed by atoms with Gasteiger partial charge in [-0.2, -0.15) is 0 Å². The molecular weight excluding hydrogens is 202 g/mol. The molecule has 1 aromatic heterocycles. The summed E-state index contributed by atoms with van der Waals surface area (Å²) in [5.74, 6) is 0.844. The molecule has 0 aliphatic carbocycles. The molecule has 0 atom stereocenters. The van der Waals surface area contributed by atoms with Gasteiger partial charge in [0.2, 0.25) is 0 Å². The van der Waals surface area contributed by atoms with Gasteiger partial charge in [0, 0.05) is 12.1 Å². The van der Waals surface area contributed by atoms with Crippen LogP contribution in [0.2, 0.25) is 0 Å². The molecule has 16 heavy (non-hydrogen) atoms. The highest BCUT2D eigenvalue weighted by Gasteiger charge is 2.08. The van der Waals surface area contributed by atoms with Crippen LogP contribution in [0.5, 0.6) is 0 Å². The van der Waals surface area contributed by atoms with Crippen molar-refractivity contribution in [1.82, 2.24) is 5.32 Å². The first-order chi connectivity index (χ1) is 7.47. The predicted octanol–water partition coefficient (Wildman–Crippen LogP) is 2.74. The Hall–Kier alpha value is -1.06. The zero-order valence-corrected chi connectivity index (χ0v) is 10.4. The summed E-state index contributed by atoms with van der Waals surface area (Å²) < 4.78 is 10.6. The Morgan fingerprint density at radius 2 is 2.25 bits per heavy atom. The molecule has 3 heteroatoms. The maximum Gasteiger partial charge on any atom is 0.129 e. The van der Waals surface area contributed by atoms with Crippen LogP contribution >= 0.6 is 0 Å². The van der Waals surface area contributed by atoms with E-state index in [9.17, 15) is 0 Å². The van der Waals surface area contributed by atoms with Gasteiger partial charge >= 0.3 is 0 Å². The second-order valence-electron chi connectivity index (χ2n) is 4.93. The zero-order valence-electron chi connectivity index (χ0n) is 10.4. The molecule has 0 aliphatic heterocycles. The first-order valence-electron chi connectivity index (χ1n) is 5.49. The van der Waals surface area contributed by atoms with E-state index in [2.05, 4.69) is 32.7 Å². The Labute approximate surface area is 97.5 Å². The van der Waals surface area contributed by atoms with E-state index >= 15 is 0 Å². The molecule has 0 aliphatic rings. The van der Waals surface area contributed by atoms with E-state index in [0.717, 1.165) is 17.9 Å². The average Bonchev–Trinajstić information content (AvgIpc) is 2.66. The van der Waals surface area contributed by atoms with Crippen molar-refractivity contribution in [3.05, 3.63) is 36.3 Å². The first-order valence-corrected chi connectivity index (χ1v) is 5.49. The van der Waals surface area contributed by atoms with E-state index in [1.807, 2.05) is 12.1 Å². The van der Waals surface area contributed by atoms with Crippen LogP contribution in [0, 0.1) is 0 Å². The SMILES string of the molecule is C=C(CNC(C)(C)C)COCc1ccco1. The molecule has 0 saturated heterocycles. The van der Waals surface area contributed by atoms with Gasteiger partial charge in [-0.25, -0.2) is 0 Å². The van der Waals surface area contributed by atoms with Gasteiger partial charge in [-0.1, -0.05) is 6.58 Å². The Morgan fingerprint density at radius 3 is 2.81 bits per heavy atom. The van der Waals surface area contributed by atoms with E-state index in [-0.39, 0.29) is 5.54 Å². The van der Waals surface area contributed by atoms with E-state index in [1.54, 1.807) is 6.26 Å². The molecule has 0 amide bonds. The monoisotopic (exact) mass is 223 g/mol. The summed E-state index contributed by atoms with van der Waals surface area (Å²) in [6, 6.07) is 3.75. The number of rotatable bonds is 6. The maximum absolute atomic E-state index is 5.47. The fourth-order valence-corrected chi connectivity index (χ4v) is 1.13. The van der Waals surface area contributed by atoms with Crippen LogP contribution < -0.4 is 5.32 Å². The van der Waals surface area contributed by atoms with Gasteiger partial charge in [0.15, 0.2) is 0 Å². The van der Waals surface area contributed by atoms with Crippen LogP contribution in [-0.2, 0) is 11.3 Å². The van der Waals surface area contributed by atoms with Crippen molar-refractivity contribution in [3.63, 3.8) is 0 Å². The molecule has 0 aromatic carbocycles. The molecule has 1 rings (SSSR count). The molecular formula is C13H21NO2. The van der Waals surface area contributed by atoms with Crippen LogP contribution in [-0.4, -0.2) is 18.7 Å². The number of hydrogen-bond acceptors (Lipinski definition) is 3. The minimum atomic E-state index is 0.115. The Bertz CT molecular complexity index is 309. The summed E-state index contributed by atoms with van der Waals surface area (Å²) in [4.78, 5) is 0. The highest BCUT2D eigenvalue weighted by atomic mass is 16.5. The van der Waals surface area contributed by atoms with Crippen LogP contribution in [0.4, 0.5) is 0 Å². The van der Waals surface area contributed by atoms with Crippen molar-refractivity contribution in [1.29, 1.82) is 0 Å². The molecule has 1 heterocycles. The second kappa shape index (κ2) is 5.87. The number of hydrogen-bond donors (Lipinski definition) is 1. The van der Waals surface area contributed by atoms with Crippen molar-refractivity contribution >= 4 is 0 Å². The highest BCUT2D eigenvalue weighted by molar-refractivity contribution is 5.00. The van der Waals surface area contributed by atoms with Gasteiger partial charge in [0.1, 0.15) is 12.4 Å². The molecule has 0 saturated carbocycles. The van der Waals surface area contributed by atoms with Crippen molar-refractivity contribution in [2.24, 2.45) is 0 Å². The van der Waals surface area contributed by atoms with Crippen LogP contribution in [0.1, 0.15) is 26.5 Å². The first kappa shape index (κ1) is 13.0. The average molecular weight is 223 g/mol. The summed E-state index contributed by atoms with van der Waals surface area (Å²) in [5.41, 5.74) is 1.16. The van der Waals surface area contributed by atoms with Gasteiger partial charge in [-0.05, 0) is 38.5 Å². The van der Waals surface area contributed by atoms with Crippen LogP contribution in [0.25, 0.3) is 0 Å². The Balaban J connectivity index is 2.11. The maximum atomic E-state index is 5.47. The second-order valence-corrected chi connectivity index (χ2v) is 4.93. The van der Waals surface area contributed by atoms with Crippen molar-refractivity contribution in [2.45, 2.75) is 32.9 Å². The molecule has 1 aromatic rings. The largest absolute Gasteiger partial charge is 0.467 e. The molecule has 0 radical (unpaired) electrons. The summed E-state index contributed by atoms with van der Waals surface area (Å²) >= 11 is 0. The third-order valence-corrected chi connectivity index (χ3v) is 2.00. The summed E-state index contributed by atoms with van der Waals surface area (Å²) in [7, 11) is 0. The van der Waals surface area contributed by atoms with Gasteiger partial charge < -0.3 is 14.5 Å². The fourth-order valence-electron chi connectivity index (χ4n) is 1.13. The molecule has 90 valence electrons. The van der Waals surface area contributed by atoms with Gasteiger partial charge in [0.05, 0.1) is 12.9 Å². The van der Waals surface area contributed by atoms with Gasteiger partial charge in [0.25, 0.3) is 0 Å². The standard InChI is InChI=1S/C13H21NO2/c1-11(8-14-13(2,3)4)9-15-10-12-6-5-7-16-12/h5-7,14H,1,8-10H2,2-4H3. The van der Waals surface area contributed by atoms with E-state index in [4.69, 9.17) is 9.15 Å². The summed E-state index contributed by atoms with van der Waals surface area (Å²) in [6.45, 7) is 12.2. The van der Waals surface area contributed by atoms with E-state index < -0.39 is 0 Å². The summed E-state index contributed by atoms with van der Waals surface area (Å²) in [5, 5.41) is 3.36. The molecule has 3 nitrogen and oxygen atoms in total. The zero-order chi connectivity index (χ0) is 12.0. The smallest absolute Gasteiger partial charge is 0.129 e. The molecule has 1 N–H and O–H groups in total. The van der Waals surface area contributed by atoms with Crippen molar-refractivity contribution in [2.75, 3.05) is 13.2 Å². The molecule has 0 bridgehead atoms. The normalized spacial score (nSPS) is 11.7. The quantitative estimate of drug-likeness (QED) is 0.753. The fraction of sp³-hybridized carbons (Fsp3) is 0.538. The van der Waals surface area contributed by atoms with Crippen molar-refractivity contribution < 1.29 is 9.15 Å². The number of nitrogens with one attached hydrogen (secondary N) is 1. The molecule has 0 spiro atoms. The van der Waals surface area contributed by atoms with Gasteiger partial charge in [-0.3, -0.25) is 0 Å². The Morgan fingerprint density at radius 1 is 1.50 bits per heavy atom. The minimum absolute atomic E-state index is 0.115. The predicted molar refractivity (Wildman–Crippen MR) is 65.3 cm³/mol. The third-order valence-electron chi connectivity index (χ3n) is 2.00. The van der Waals surface area contributed by atoms with Crippen LogP contribution in [0.3, 0.4) is 0 Å². The lowest BCUT2D eigenvalue weighted by molar-refractivity contribution is 0.124. The minimum Gasteiger partial charge on any atom is -0.467 e. The molecule has 0 fully saturated rings. The third kappa shape index (κ3) is 5.73. The lowest BCUT2D eigenvalue weighted by Crippen LogP contribution is -2.37. The van der Waals surface area contributed by atoms with Crippen molar-refractivity contribution in [3.8, 4) is 0 Å². The van der Waals surface area contributed by atoms with E-state index in [1.165, 1.54) is 0 Å². The number of ether oxygens (including phenoxy) is 1. The molecule has 0 unspecified atom stereocenters.